The van der Waals surface area contributed by atoms with E-state index in [0.29, 0.717) is 24.8 Å². The number of thiocarbonyl (C=S) groups is 1. The van der Waals surface area contributed by atoms with E-state index in [9.17, 15) is 4.79 Å². The van der Waals surface area contributed by atoms with Crippen LogP contribution in [0.2, 0.25) is 0 Å². The third-order valence-electron chi connectivity index (χ3n) is 2.25. The fourth-order valence-electron chi connectivity index (χ4n) is 1.25. The fraction of sp³-hybridized carbons (Fsp3) is 0.455. The second-order valence-corrected chi connectivity index (χ2v) is 4.22. The molecule has 0 aliphatic carbocycles. The number of hydrogen-bond donors (Lipinski definition) is 3. The van der Waals surface area contributed by atoms with Gasteiger partial charge >= 0.3 is 0 Å². The number of amides is 1. The molecular weight excluding hydrogens is 266 g/mol. The van der Waals surface area contributed by atoms with Gasteiger partial charge in [0, 0.05) is 19.9 Å². The third-order valence-corrected chi connectivity index (χ3v) is 2.46. The number of anilines is 1. The minimum atomic E-state index is -0.474. The van der Waals surface area contributed by atoms with Gasteiger partial charge in [0.2, 0.25) is 11.9 Å². The number of carbonyl (C=O) groups excluding carboxylic acids is 1. The van der Waals surface area contributed by atoms with Crippen molar-refractivity contribution in [1.82, 2.24) is 15.3 Å². The molecule has 1 rings (SSSR count). The van der Waals surface area contributed by atoms with Crippen LogP contribution >= 0.6 is 12.2 Å². The van der Waals surface area contributed by atoms with Crippen LogP contribution < -0.4 is 16.4 Å². The highest BCUT2D eigenvalue weighted by atomic mass is 32.1. The van der Waals surface area contributed by atoms with E-state index in [4.69, 9.17) is 22.7 Å². The predicted octanol–water partition coefficient (Wildman–Crippen LogP) is -0.326. The van der Waals surface area contributed by atoms with E-state index < -0.39 is 6.04 Å². The molecule has 1 aromatic rings. The van der Waals surface area contributed by atoms with E-state index in [-0.39, 0.29) is 10.9 Å². The lowest BCUT2D eigenvalue weighted by Gasteiger charge is -2.14. The van der Waals surface area contributed by atoms with Gasteiger partial charge in [-0.1, -0.05) is 12.2 Å². The Morgan fingerprint density at radius 2 is 2.37 bits per heavy atom. The Hall–Kier alpha value is -1.80. The summed E-state index contributed by atoms with van der Waals surface area (Å²) in [5, 5.41) is 5.58. The lowest BCUT2D eigenvalue weighted by Crippen LogP contribution is -2.39. The highest BCUT2D eigenvalue weighted by molar-refractivity contribution is 7.80. The maximum Gasteiger partial charge on any atom is 0.242 e. The van der Waals surface area contributed by atoms with Gasteiger partial charge < -0.3 is 21.1 Å². The van der Waals surface area contributed by atoms with E-state index in [1.807, 2.05) is 0 Å². The van der Waals surface area contributed by atoms with Gasteiger partial charge in [-0.25, -0.2) is 9.97 Å². The van der Waals surface area contributed by atoms with Crippen LogP contribution in [0.3, 0.4) is 0 Å². The van der Waals surface area contributed by atoms with Crippen molar-refractivity contribution in [3.63, 3.8) is 0 Å². The maximum atomic E-state index is 11.7. The Kier molecular flexibility index (Phi) is 6.10. The fourth-order valence-corrected chi connectivity index (χ4v) is 1.37. The molecule has 0 saturated heterocycles. The van der Waals surface area contributed by atoms with Gasteiger partial charge in [0.1, 0.15) is 16.7 Å². The summed E-state index contributed by atoms with van der Waals surface area (Å²) >= 11 is 4.82. The molecule has 1 heterocycles. The van der Waals surface area contributed by atoms with Crippen molar-refractivity contribution in [2.75, 3.05) is 25.6 Å². The first kappa shape index (κ1) is 15.3. The summed E-state index contributed by atoms with van der Waals surface area (Å²) in [6.45, 7) is 2.62. The molecule has 0 spiro atoms. The summed E-state index contributed by atoms with van der Waals surface area (Å²) in [4.78, 5) is 20.0. The summed E-state index contributed by atoms with van der Waals surface area (Å²) in [6, 6.07) is 1.13. The van der Waals surface area contributed by atoms with Crippen molar-refractivity contribution in [3.05, 3.63) is 18.0 Å². The van der Waals surface area contributed by atoms with Gasteiger partial charge in [-0.3, -0.25) is 4.79 Å². The molecule has 8 heteroatoms. The number of nitrogens with two attached hydrogens (primary N) is 1. The van der Waals surface area contributed by atoms with E-state index in [1.54, 1.807) is 20.1 Å². The molecular formula is C11H17N5O2S. The van der Waals surface area contributed by atoms with Crippen molar-refractivity contribution in [2.24, 2.45) is 5.73 Å². The zero-order valence-electron chi connectivity index (χ0n) is 10.8. The van der Waals surface area contributed by atoms with Crippen LogP contribution in [-0.2, 0) is 9.53 Å². The Morgan fingerprint density at radius 3 is 3.00 bits per heavy atom. The molecule has 0 aromatic carbocycles. The third kappa shape index (κ3) is 5.14. The normalized spacial score (nSPS) is 11.7. The summed E-state index contributed by atoms with van der Waals surface area (Å²) in [7, 11) is 1.57. The number of nitrogens with one attached hydrogen (secondary N) is 2. The van der Waals surface area contributed by atoms with E-state index in [0.717, 1.165) is 0 Å². The highest BCUT2D eigenvalue weighted by Crippen LogP contribution is 2.02. The summed E-state index contributed by atoms with van der Waals surface area (Å²) in [6.07, 6.45) is 1.53. The van der Waals surface area contributed by atoms with Crippen LogP contribution in [0.15, 0.2) is 12.3 Å². The first-order valence-corrected chi connectivity index (χ1v) is 6.11. The van der Waals surface area contributed by atoms with Crippen molar-refractivity contribution >= 4 is 29.1 Å². The van der Waals surface area contributed by atoms with Crippen molar-refractivity contribution in [3.8, 4) is 0 Å². The second-order valence-electron chi connectivity index (χ2n) is 3.78. The number of aromatic nitrogens is 2. The molecule has 0 bridgehead atoms. The van der Waals surface area contributed by atoms with Crippen LogP contribution in [0.25, 0.3) is 0 Å². The zero-order valence-corrected chi connectivity index (χ0v) is 11.7. The molecule has 0 fully saturated rings. The molecule has 0 saturated carbocycles. The summed E-state index contributed by atoms with van der Waals surface area (Å²) in [5.74, 6) is 0.140. The van der Waals surface area contributed by atoms with E-state index in [2.05, 4.69) is 20.6 Å². The average molecular weight is 283 g/mol. The maximum absolute atomic E-state index is 11.7. The van der Waals surface area contributed by atoms with Gasteiger partial charge in [0.15, 0.2) is 0 Å². The van der Waals surface area contributed by atoms with Gasteiger partial charge in [0.05, 0.1) is 6.61 Å². The predicted molar refractivity (Wildman–Crippen MR) is 75.9 cm³/mol. The van der Waals surface area contributed by atoms with Gasteiger partial charge in [-0.2, -0.15) is 0 Å². The Bertz CT molecular complexity index is 454. The van der Waals surface area contributed by atoms with Crippen LogP contribution in [0, 0.1) is 0 Å². The lowest BCUT2D eigenvalue weighted by molar-refractivity contribution is -0.121. The summed E-state index contributed by atoms with van der Waals surface area (Å²) in [5.41, 5.74) is 5.93. The smallest absolute Gasteiger partial charge is 0.242 e. The molecule has 1 atom stereocenters. The first-order valence-electron chi connectivity index (χ1n) is 5.70. The van der Waals surface area contributed by atoms with Crippen LogP contribution in [0.5, 0.6) is 0 Å². The van der Waals surface area contributed by atoms with Crippen LogP contribution in [0.4, 0.5) is 5.95 Å². The molecule has 104 valence electrons. The quantitative estimate of drug-likeness (QED) is 0.465. The van der Waals surface area contributed by atoms with Crippen molar-refractivity contribution in [1.29, 1.82) is 0 Å². The molecule has 19 heavy (non-hydrogen) atoms. The number of rotatable bonds is 7. The first-order chi connectivity index (χ1) is 9.04. The standard InChI is InChI=1S/C11H17N5O2S/c1-7(10(17)13-5-6-18-2)15-11-14-4-3-8(16-11)9(12)19/h3-4,7H,5-6H2,1-2H3,(H2,12,19)(H,13,17)(H,14,15,16). The highest BCUT2D eigenvalue weighted by Gasteiger charge is 2.13. The largest absolute Gasteiger partial charge is 0.388 e. The summed E-state index contributed by atoms with van der Waals surface area (Å²) < 4.78 is 4.84. The van der Waals surface area contributed by atoms with Gasteiger partial charge in [-0.15, -0.1) is 0 Å². The molecule has 0 radical (unpaired) electrons. The molecule has 4 N–H and O–H groups in total. The lowest BCUT2D eigenvalue weighted by atomic mass is 10.3. The van der Waals surface area contributed by atoms with Gasteiger partial charge in [0.25, 0.3) is 0 Å². The second kappa shape index (κ2) is 7.59. The zero-order chi connectivity index (χ0) is 14.3. The minimum Gasteiger partial charge on any atom is -0.388 e. The number of methoxy groups -OCH3 is 1. The van der Waals surface area contributed by atoms with E-state index in [1.165, 1.54) is 6.20 Å². The number of hydrogen-bond acceptors (Lipinski definition) is 6. The Labute approximate surface area is 116 Å². The Balaban J connectivity index is 2.56. The number of carbonyl (C=O) groups is 1. The van der Waals surface area contributed by atoms with Crippen molar-refractivity contribution in [2.45, 2.75) is 13.0 Å². The molecule has 0 aliphatic heterocycles. The van der Waals surface area contributed by atoms with E-state index >= 15 is 0 Å². The SMILES string of the molecule is COCCNC(=O)C(C)Nc1nccc(C(N)=S)n1. The monoisotopic (exact) mass is 283 g/mol. The molecule has 1 amide bonds. The average Bonchev–Trinajstić information content (AvgIpc) is 2.39. The molecule has 1 unspecified atom stereocenters. The van der Waals surface area contributed by atoms with Gasteiger partial charge in [-0.05, 0) is 13.0 Å². The molecule has 1 aromatic heterocycles. The van der Waals surface area contributed by atoms with Crippen LogP contribution in [-0.4, -0.2) is 47.2 Å². The van der Waals surface area contributed by atoms with Crippen molar-refractivity contribution < 1.29 is 9.53 Å². The molecule has 7 nitrogen and oxygen atoms in total. The number of ether oxygens (including phenoxy) is 1. The topological polar surface area (TPSA) is 102 Å². The Morgan fingerprint density at radius 1 is 1.63 bits per heavy atom. The number of nitrogens with zero attached hydrogens (tertiary/aromatic N) is 2. The minimum absolute atomic E-state index is 0.165. The van der Waals surface area contributed by atoms with Crippen LogP contribution in [0.1, 0.15) is 12.6 Å². The molecule has 0 aliphatic rings.